The number of benzene rings is 1. The van der Waals surface area contributed by atoms with Crippen LogP contribution in [0.1, 0.15) is 6.92 Å². The molecule has 0 saturated carbocycles. The van der Waals surface area contributed by atoms with Crippen molar-refractivity contribution in [3.05, 3.63) is 36.0 Å². The largest absolute Gasteiger partial charge is 0.422 e. The van der Waals surface area contributed by atoms with Crippen LogP contribution >= 0.6 is 0 Å². The minimum absolute atomic E-state index is 0.192. The lowest BCUT2D eigenvalue weighted by atomic mass is 10.2. The molecule has 1 aromatic carbocycles. The van der Waals surface area contributed by atoms with Crippen molar-refractivity contribution < 1.29 is 9.21 Å². The standard InChI is InChI=1S/C14H14N4O2/c1-9-10(8-17(2)3)13(19)18(16-9)14-15-11-6-4-5-7-12(11)20-14/h4-8H,1-3H3/b10-8-. The number of carbonyl (C=O) groups is 1. The van der Waals surface area contributed by atoms with E-state index in [0.717, 1.165) is 0 Å². The lowest BCUT2D eigenvalue weighted by Crippen LogP contribution is -2.22. The number of nitrogens with zero attached hydrogens (tertiary/aromatic N) is 4. The topological polar surface area (TPSA) is 61.9 Å². The number of carbonyl (C=O) groups excluding carboxylic acids is 1. The van der Waals surface area contributed by atoms with E-state index >= 15 is 0 Å². The Balaban J connectivity index is 2.01. The van der Waals surface area contributed by atoms with Gasteiger partial charge in [0.1, 0.15) is 5.52 Å². The van der Waals surface area contributed by atoms with Gasteiger partial charge in [0.2, 0.25) is 0 Å². The van der Waals surface area contributed by atoms with Crippen LogP contribution in [-0.2, 0) is 4.79 Å². The summed E-state index contributed by atoms with van der Waals surface area (Å²) in [7, 11) is 3.71. The smallest absolute Gasteiger partial charge is 0.327 e. The summed E-state index contributed by atoms with van der Waals surface area (Å²) in [6, 6.07) is 7.55. The van der Waals surface area contributed by atoms with Crippen molar-refractivity contribution in [2.45, 2.75) is 6.92 Å². The molecule has 0 atom stereocenters. The Labute approximate surface area is 116 Å². The highest BCUT2D eigenvalue weighted by molar-refractivity contribution is 6.29. The van der Waals surface area contributed by atoms with Gasteiger partial charge in [-0.1, -0.05) is 12.1 Å². The number of fused-ring (bicyclic) bond motifs is 1. The number of anilines is 1. The summed E-state index contributed by atoms with van der Waals surface area (Å²) in [5, 5.41) is 5.42. The highest BCUT2D eigenvalue weighted by Gasteiger charge is 2.32. The summed E-state index contributed by atoms with van der Waals surface area (Å²) < 4.78 is 5.57. The number of hydrogen-bond acceptors (Lipinski definition) is 5. The van der Waals surface area contributed by atoms with Gasteiger partial charge in [-0.2, -0.15) is 10.1 Å². The summed E-state index contributed by atoms with van der Waals surface area (Å²) in [5.74, 6) is -0.234. The third kappa shape index (κ3) is 1.95. The van der Waals surface area contributed by atoms with Crippen LogP contribution < -0.4 is 5.01 Å². The second kappa shape index (κ2) is 4.48. The van der Waals surface area contributed by atoms with Crippen LogP contribution in [0.2, 0.25) is 0 Å². The molecule has 0 spiro atoms. The molecular formula is C14H14N4O2. The van der Waals surface area contributed by atoms with Crippen molar-refractivity contribution in [1.29, 1.82) is 0 Å². The van der Waals surface area contributed by atoms with Crippen LogP contribution in [0, 0.1) is 0 Å². The molecule has 1 aliphatic heterocycles. The highest BCUT2D eigenvalue weighted by Crippen LogP contribution is 2.26. The third-order valence-electron chi connectivity index (χ3n) is 2.91. The minimum Gasteiger partial charge on any atom is -0.422 e. The van der Waals surface area contributed by atoms with Crippen LogP contribution in [0.25, 0.3) is 11.1 Å². The first-order chi connectivity index (χ1) is 9.56. The zero-order valence-electron chi connectivity index (χ0n) is 11.5. The molecule has 3 rings (SSSR count). The summed E-state index contributed by atoms with van der Waals surface area (Å²) in [6.45, 7) is 1.79. The Morgan fingerprint density at radius 2 is 2.05 bits per heavy atom. The predicted molar refractivity (Wildman–Crippen MR) is 76.4 cm³/mol. The van der Waals surface area contributed by atoms with Crippen LogP contribution in [0.15, 0.2) is 45.6 Å². The van der Waals surface area contributed by atoms with E-state index in [1.165, 1.54) is 5.01 Å². The predicted octanol–water partition coefficient (Wildman–Crippen LogP) is 2.00. The molecule has 6 nitrogen and oxygen atoms in total. The molecule has 2 heterocycles. The monoisotopic (exact) mass is 270 g/mol. The number of rotatable bonds is 2. The number of para-hydroxylation sites is 2. The molecule has 0 fully saturated rings. The van der Waals surface area contributed by atoms with Gasteiger partial charge in [-0.25, -0.2) is 0 Å². The quantitative estimate of drug-likeness (QED) is 0.783. The van der Waals surface area contributed by atoms with Crippen molar-refractivity contribution in [3.8, 4) is 0 Å². The number of hydrazone groups is 1. The first kappa shape index (κ1) is 12.4. The lowest BCUT2D eigenvalue weighted by molar-refractivity contribution is -0.114. The SMILES string of the molecule is CC1=NN(c2nc3ccccc3o2)C(=O)/C1=C\N(C)C. The van der Waals surface area contributed by atoms with Gasteiger partial charge in [-0.3, -0.25) is 4.79 Å². The second-order valence-corrected chi connectivity index (χ2v) is 4.77. The molecule has 0 radical (unpaired) electrons. The summed E-state index contributed by atoms with van der Waals surface area (Å²) in [4.78, 5) is 18.4. The zero-order valence-corrected chi connectivity index (χ0v) is 11.5. The van der Waals surface area contributed by atoms with Crippen molar-refractivity contribution in [2.24, 2.45) is 5.10 Å². The van der Waals surface area contributed by atoms with Crippen molar-refractivity contribution in [1.82, 2.24) is 9.88 Å². The Hall–Kier alpha value is -2.63. The van der Waals surface area contributed by atoms with Gasteiger partial charge in [0, 0.05) is 20.3 Å². The molecule has 1 amide bonds. The third-order valence-corrected chi connectivity index (χ3v) is 2.91. The maximum Gasteiger partial charge on any atom is 0.327 e. The van der Waals surface area contributed by atoms with E-state index in [2.05, 4.69) is 10.1 Å². The summed E-state index contributed by atoms with van der Waals surface area (Å²) in [5.41, 5.74) is 2.52. The summed E-state index contributed by atoms with van der Waals surface area (Å²) >= 11 is 0. The Morgan fingerprint density at radius 3 is 2.75 bits per heavy atom. The van der Waals surface area contributed by atoms with Gasteiger partial charge in [-0.15, -0.1) is 5.01 Å². The van der Waals surface area contributed by atoms with E-state index in [1.807, 2.05) is 37.2 Å². The molecule has 0 bridgehead atoms. The molecule has 2 aromatic rings. The minimum atomic E-state index is -0.234. The zero-order chi connectivity index (χ0) is 14.3. The normalized spacial score (nSPS) is 17.1. The molecule has 0 unspecified atom stereocenters. The average molecular weight is 270 g/mol. The Bertz CT molecular complexity index is 709. The maximum absolute atomic E-state index is 12.3. The fourth-order valence-corrected chi connectivity index (χ4v) is 2.01. The number of aromatic nitrogens is 1. The Kier molecular flexibility index (Phi) is 2.78. The molecule has 102 valence electrons. The Morgan fingerprint density at radius 1 is 1.30 bits per heavy atom. The van der Waals surface area contributed by atoms with E-state index in [-0.39, 0.29) is 11.9 Å². The van der Waals surface area contributed by atoms with E-state index in [4.69, 9.17) is 4.42 Å². The van der Waals surface area contributed by atoms with Gasteiger partial charge in [-0.05, 0) is 19.1 Å². The van der Waals surface area contributed by atoms with Crippen LogP contribution in [-0.4, -0.2) is 35.6 Å². The van der Waals surface area contributed by atoms with E-state index in [9.17, 15) is 4.79 Å². The first-order valence-electron chi connectivity index (χ1n) is 6.20. The molecule has 0 N–H and O–H groups in total. The molecule has 0 aliphatic carbocycles. The van der Waals surface area contributed by atoms with Crippen LogP contribution in [0.5, 0.6) is 0 Å². The number of amides is 1. The molecular weight excluding hydrogens is 256 g/mol. The fraction of sp³-hybridized carbons (Fsp3) is 0.214. The van der Waals surface area contributed by atoms with E-state index < -0.39 is 0 Å². The molecule has 20 heavy (non-hydrogen) atoms. The van der Waals surface area contributed by atoms with Gasteiger partial charge in [0.05, 0.1) is 11.3 Å². The molecule has 0 saturated heterocycles. The van der Waals surface area contributed by atoms with Crippen LogP contribution in [0.4, 0.5) is 6.01 Å². The van der Waals surface area contributed by atoms with E-state index in [1.54, 1.807) is 19.2 Å². The first-order valence-corrected chi connectivity index (χ1v) is 6.20. The second-order valence-electron chi connectivity index (χ2n) is 4.77. The van der Waals surface area contributed by atoms with Crippen molar-refractivity contribution in [2.75, 3.05) is 19.1 Å². The van der Waals surface area contributed by atoms with Crippen LogP contribution in [0.3, 0.4) is 0 Å². The van der Waals surface area contributed by atoms with Crippen molar-refractivity contribution >= 4 is 28.7 Å². The highest BCUT2D eigenvalue weighted by atomic mass is 16.4. The number of hydrogen-bond donors (Lipinski definition) is 0. The fourth-order valence-electron chi connectivity index (χ4n) is 2.01. The molecule has 6 heteroatoms. The van der Waals surface area contributed by atoms with Gasteiger partial charge >= 0.3 is 6.01 Å². The van der Waals surface area contributed by atoms with Gasteiger partial charge in [0.25, 0.3) is 5.91 Å². The number of oxazole rings is 1. The summed E-state index contributed by atoms with van der Waals surface area (Å²) in [6.07, 6.45) is 1.74. The van der Waals surface area contributed by atoms with Gasteiger partial charge < -0.3 is 9.32 Å². The lowest BCUT2D eigenvalue weighted by Gasteiger charge is -2.07. The van der Waals surface area contributed by atoms with E-state index in [0.29, 0.717) is 22.4 Å². The van der Waals surface area contributed by atoms with Gasteiger partial charge in [0.15, 0.2) is 5.58 Å². The maximum atomic E-state index is 12.3. The average Bonchev–Trinajstić information content (AvgIpc) is 2.94. The molecule has 1 aliphatic rings. The molecule has 1 aromatic heterocycles. The van der Waals surface area contributed by atoms with Crippen molar-refractivity contribution in [3.63, 3.8) is 0 Å².